The van der Waals surface area contributed by atoms with Crippen LogP contribution in [0.2, 0.25) is 0 Å². The van der Waals surface area contributed by atoms with Crippen LogP contribution in [0.25, 0.3) is 76.9 Å². The molecule has 12 aromatic rings. The fraction of sp³-hybridized carbons (Fsp3) is 0.0169. The molecule has 1 aliphatic rings. The van der Waals surface area contributed by atoms with Gasteiger partial charge >= 0.3 is 0 Å². The predicted molar refractivity (Wildman–Crippen MR) is 256 cm³/mol. The first-order chi connectivity index (χ1) is 30.8. The zero-order valence-corrected chi connectivity index (χ0v) is 33.6. The average Bonchev–Trinajstić information content (AvgIpc) is 4.02. The largest absolute Gasteiger partial charge is 0.452 e. The number of benzene rings is 10. The number of hydrogen-bond acceptors (Lipinski definition) is 3. The van der Waals surface area contributed by atoms with Gasteiger partial charge in [-0.15, -0.1) is 0 Å². The summed E-state index contributed by atoms with van der Waals surface area (Å²) < 4.78 is 13.5. The molecule has 0 N–H and O–H groups in total. The van der Waals surface area contributed by atoms with Crippen molar-refractivity contribution < 1.29 is 8.83 Å². The lowest BCUT2D eigenvalue weighted by molar-refractivity contribution is 0.633. The zero-order chi connectivity index (χ0) is 40.8. The Labute approximate surface area is 358 Å². The van der Waals surface area contributed by atoms with Crippen LogP contribution in [0.15, 0.2) is 233 Å². The van der Waals surface area contributed by atoms with Gasteiger partial charge in [0.2, 0.25) is 0 Å². The molecule has 62 heavy (non-hydrogen) atoms. The third kappa shape index (κ3) is 4.88. The fourth-order valence-electron chi connectivity index (χ4n) is 10.6. The van der Waals surface area contributed by atoms with Crippen LogP contribution >= 0.6 is 0 Å². The van der Waals surface area contributed by atoms with Crippen LogP contribution in [-0.4, -0.2) is 0 Å². The maximum atomic E-state index is 6.85. The van der Waals surface area contributed by atoms with E-state index in [4.69, 9.17) is 8.83 Å². The van der Waals surface area contributed by atoms with Gasteiger partial charge in [0, 0.05) is 27.4 Å². The topological polar surface area (TPSA) is 29.5 Å². The molecule has 0 amide bonds. The van der Waals surface area contributed by atoms with E-state index in [1.54, 1.807) is 0 Å². The van der Waals surface area contributed by atoms with Gasteiger partial charge < -0.3 is 13.7 Å². The van der Waals surface area contributed by atoms with Crippen molar-refractivity contribution in [2.75, 3.05) is 4.90 Å². The molecule has 0 aliphatic heterocycles. The summed E-state index contributed by atoms with van der Waals surface area (Å²) in [7, 11) is 0. The standard InChI is InChI=1S/C59H37NO2/c1-3-19-40(20-4-1)59(41-21-5-2-6-22-41)49-28-12-9-25-46(49)55-50(59)29-16-30-51(55)60(42-35-33-39(34-36-42)44-27-15-18-38-17-7-8-23-43(38)44)52-37-48-45-24-10-13-31-53(45)61-57(48)58-56(52)47-26-11-14-32-54(47)62-58/h1-37H. The molecular weight excluding hydrogens is 755 g/mol. The molecule has 3 nitrogen and oxygen atoms in total. The van der Waals surface area contributed by atoms with Crippen LogP contribution in [0.5, 0.6) is 0 Å². The van der Waals surface area contributed by atoms with Gasteiger partial charge in [-0.05, 0) is 86.1 Å². The van der Waals surface area contributed by atoms with Crippen LogP contribution < -0.4 is 4.90 Å². The molecule has 0 bridgehead atoms. The molecule has 0 radical (unpaired) electrons. The maximum absolute atomic E-state index is 6.85. The van der Waals surface area contributed by atoms with Crippen LogP contribution in [-0.2, 0) is 5.41 Å². The Morgan fingerprint density at radius 1 is 0.371 bits per heavy atom. The summed E-state index contributed by atoms with van der Waals surface area (Å²) in [6.07, 6.45) is 0. The smallest absolute Gasteiger partial charge is 0.180 e. The lowest BCUT2D eigenvalue weighted by Crippen LogP contribution is -2.28. The summed E-state index contributed by atoms with van der Waals surface area (Å²) in [5, 5.41) is 6.56. The molecule has 2 aromatic heterocycles. The third-order valence-electron chi connectivity index (χ3n) is 13.1. The third-order valence-corrected chi connectivity index (χ3v) is 13.1. The van der Waals surface area contributed by atoms with Crippen molar-refractivity contribution >= 4 is 71.7 Å². The molecule has 0 saturated heterocycles. The summed E-state index contributed by atoms with van der Waals surface area (Å²) in [4.78, 5) is 2.47. The Kier molecular flexibility index (Phi) is 7.52. The molecule has 0 unspecified atom stereocenters. The molecular formula is C59H37NO2. The summed E-state index contributed by atoms with van der Waals surface area (Å²) in [5.74, 6) is 0. The predicted octanol–water partition coefficient (Wildman–Crippen LogP) is 16.1. The Balaban J connectivity index is 1.15. The molecule has 10 aromatic carbocycles. The van der Waals surface area contributed by atoms with Gasteiger partial charge in [-0.2, -0.15) is 0 Å². The van der Waals surface area contributed by atoms with Crippen molar-refractivity contribution in [3.05, 3.63) is 247 Å². The van der Waals surface area contributed by atoms with Gasteiger partial charge in [-0.3, -0.25) is 0 Å². The van der Waals surface area contributed by atoms with Crippen LogP contribution in [0, 0.1) is 0 Å². The van der Waals surface area contributed by atoms with Gasteiger partial charge in [0.15, 0.2) is 11.2 Å². The Hall–Kier alpha value is -8.14. The van der Waals surface area contributed by atoms with Crippen LogP contribution in [0.4, 0.5) is 17.1 Å². The summed E-state index contributed by atoms with van der Waals surface area (Å²) in [5.41, 5.74) is 15.5. The summed E-state index contributed by atoms with van der Waals surface area (Å²) in [6, 6.07) is 81.2. The number of nitrogens with zero attached hydrogens (tertiary/aromatic N) is 1. The quantitative estimate of drug-likeness (QED) is 0.168. The van der Waals surface area contributed by atoms with Gasteiger partial charge in [-0.25, -0.2) is 0 Å². The van der Waals surface area contributed by atoms with E-state index >= 15 is 0 Å². The van der Waals surface area contributed by atoms with Crippen molar-refractivity contribution in [3.63, 3.8) is 0 Å². The van der Waals surface area contributed by atoms with Gasteiger partial charge in [0.25, 0.3) is 0 Å². The Morgan fingerprint density at radius 2 is 0.935 bits per heavy atom. The second-order valence-electron chi connectivity index (χ2n) is 16.3. The summed E-state index contributed by atoms with van der Waals surface area (Å²) >= 11 is 0. The van der Waals surface area contributed by atoms with E-state index in [2.05, 4.69) is 211 Å². The van der Waals surface area contributed by atoms with Crippen molar-refractivity contribution in [3.8, 4) is 22.3 Å². The van der Waals surface area contributed by atoms with E-state index in [9.17, 15) is 0 Å². The number of para-hydroxylation sites is 2. The first kappa shape index (κ1) is 34.7. The lowest BCUT2D eigenvalue weighted by atomic mass is 9.68. The van der Waals surface area contributed by atoms with Crippen molar-refractivity contribution in [2.24, 2.45) is 0 Å². The van der Waals surface area contributed by atoms with Crippen LogP contribution in [0.3, 0.4) is 0 Å². The second kappa shape index (κ2) is 13.4. The van der Waals surface area contributed by atoms with E-state index < -0.39 is 5.41 Å². The molecule has 13 rings (SSSR count). The molecule has 0 atom stereocenters. The minimum Gasteiger partial charge on any atom is -0.452 e. The minimum absolute atomic E-state index is 0.559. The highest BCUT2D eigenvalue weighted by molar-refractivity contribution is 6.25. The SMILES string of the molecule is c1ccc(C2(c3ccccc3)c3ccccc3-c3c(N(c4ccc(-c5cccc6ccccc56)cc4)c4cc5c6ccccc6oc5c5oc6ccccc6c45)cccc32)cc1. The Bertz CT molecular complexity index is 3650. The van der Waals surface area contributed by atoms with Crippen LogP contribution in [0.1, 0.15) is 22.3 Å². The highest BCUT2D eigenvalue weighted by Crippen LogP contribution is 2.60. The van der Waals surface area contributed by atoms with Gasteiger partial charge in [-0.1, -0.05) is 188 Å². The summed E-state index contributed by atoms with van der Waals surface area (Å²) in [6.45, 7) is 0. The van der Waals surface area contributed by atoms with Crippen molar-refractivity contribution in [1.82, 2.24) is 0 Å². The highest BCUT2D eigenvalue weighted by atomic mass is 16.4. The van der Waals surface area contributed by atoms with E-state index in [1.807, 2.05) is 18.2 Å². The molecule has 3 heteroatoms. The highest BCUT2D eigenvalue weighted by Gasteiger charge is 2.47. The first-order valence-corrected chi connectivity index (χ1v) is 21.3. The van der Waals surface area contributed by atoms with E-state index in [1.165, 1.54) is 49.7 Å². The Morgan fingerprint density at radius 3 is 1.71 bits per heavy atom. The first-order valence-electron chi connectivity index (χ1n) is 21.3. The molecule has 0 saturated carbocycles. The average molecular weight is 792 g/mol. The van der Waals surface area contributed by atoms with Crippen molar-refractivity contribution in [2.45, 2.75) is 5.41 Å². The zero-order valence-electron chi connectivity index (χ0n) is 33.6. The molecule has 0 spiro atoms. The number of fused-ring (bicyclic) bond motifs is 11. The second-order valence-corrected chi connectivity index (χ2v) is 16.3. The molecule has 0 fully saturated rings. The monoisotopic (exact) mass is 791 g/mol. The fourth-order valence-corrected chi connectivity index (χ4v) is 10.6. The maximum Gasteiger partial charge on any atom is 0.180 e. The van der Waals surface area contributed by atoms with E-state index in [-0.39, 0.29) is 0 Å². The van der Waals surface area contributed by atoms with E-state index in [0.717, 1.165) is 66.5 Å². The van der Waals surface area contributed by atoms with Gasteiger partial charge in [0.1, 0.15) is 11.2 Å². The molecule has 2 heterocycles. The minimum atomic E-state index is -0.559. The molecule has 1 aliphatic carbocycles. The number of anilines is 3. The number of furan rings is 2. The normalized spacial score (nSPS) is 13.0. The van der Waals surface area contributed by atoms with Gasteiger partial charge in [0.05, 0.1) is 22.2 Å². The number of rotatable bonds is 6. The lowest BCUT2D eigenvalue weighted by Gasteiger charge is -2.34. The van der Waals surface area contributed by atoms with Crippen molar-refractivity contribution in [1.29, 1.82) is 0 Å². The number of hydrogen-bond donors (Lipinski definition) is 0. The molecule has 290 valence electrons. The van der Waals surface area contributed by atoms with E-state index in [0.29, 0.717) is 0 Å².